The number of amides is 1. The molecule has 102 valence electrons. The van der Waals surface area contributed by atoms with Gasteiger partial charge in [-0.3, -0.25) is 4.79 Å². The van der Waals surface area contributed by atoms with E-state index in [1.165, 1.54) is 11.8 Å². The summed E-state index contributed by atoms with van der Waals surface area (Å²) in [6.07, 6.45) is 0. The number of thioether (sulfide) groups is 1. The molecular weight excluding hydrogens is 280 g/mol. The lowest BCUT2D eigenvalue weighted by Crippen LogP contribution is -2.49. The van der Waals surface area contributed by atoms with E-state index in [-0.39, 0.29) is 17.6 Å². The minimum Gasteiger partial charge on any atom is -0.337 e. The molecule has 1 rings (SSSR count). The van der Waals surface area contributed by atoms with Crippen molar-refractivity contribution in [3.8, 4) is 6.07 Å². The molecule has 1 amide bonds. The number of nitriles is 1. The Morgan fingerprint density at radius 2 is 2.05 bits per heavy atom. The van der Waals surface area contributed by atoms with Crippen LogP contribution in [0.2, 0.25) is 5.02 Å². The summed E-state index contributed by atoms with van der Waals surface area (Å²) >= 11 is 7.21. The van der Waals surface area contributed by atoms with E-state index in [0.717, 1.165) is 4.90 Å². The fraction of sp³-hybridized carbons (Fsp3) is 0.429. The topological polar surface area (TPSA) is 52.9 Å². The maximum Gasteiger partial charge on any atom is 0.231 e. The molecule has 0 spiro atoms. The smallest absolute Gasteiger partial charge is 0.231 e. The number of nitrogens with zero attached hydrogens (tertiary/aromatic N) is 1. The monoisotopic (exact) mass is 296 g/mol. The van der Waals surface area contributed by atoms with Crippen LogP contribution in [0.5, 0.6) is 0 Å². The first kappa shape index (κ1) is 15.9. The molecule has 0 aliphatic rings. The number of benzene rings is 1. The van der Waals surface area contributed by atoms with Crippen molar-refractivity contribution in [1.29, 1.82) is 5.26 Å². The van der Waals surface area contributed by atoms with Gasteiger partial charge in [-0.25, -0.2) is 0 Å². The second-order valence-corrected chi connectivity index (χ2v) is 6.24. The third kappa shape index (κ3) is 4.77. The number of hydrogen-bond acceptors (Lipinski definition) is 3. The largest absolute Gasteiger partial charge is 0.337 e. The van der Waals surface area contributed by atoms with Crippen LogP contribution in [0.15, 0.2) is 29.2 Å². The summed E-state index contributed by atoms with van der Waals surface area (Å²) in [6, 6.07) is 9.46. The Balaban J connectivity index is 2.53. The summed E-state index contributed by atoms with van der Waals surface area (Å²) in [4.78, 5) is 12.8. The van der Waals surface area contributed by atoms with E-state index < -0.39 is 5.54 Å². The van der Waals surface area contributed by atoms with Crippen LogP contribution in [0.25, 0.3) is 0 Å². The molecule has 1 atom stereocenters. The lowest BCUT2D eigenvalue weighted by atomic mass is 9.90. The van der Waals surface area contributed by atoms with Gasteiger partial charge < -0.3 is 5.32 Å². The summed E-state index contributed by atoms with van der Waals surface area (Å²) in [7, 11) is 0. The van der Waals surface area contributed by atoms with Crippen molar-refractivity contribution in [2.75, 3.05) is 5.75 Å². The van der Waals surface area contributed by atoms with Crippen LogP contribution in [-0.4, -0.2) is 17.2 Å². The normalized spacial score (nSPS) is 13.7. The van der Waals surface area contributed by atoms with Gasteiger partial charge in [0, 0.05) is 9.92 Å². The minimum absolute atomic E-state index is 0.0574. The van der Waals surface area contributed by atoms with Crippen LogP contribution in [0.4, 0.5) is 0 Å². The molecule has 1 aromatic rings. The van der Waals surface area contributed by atoms with Gasteiger partial charge in [0.05, 0.1) is 11.8 Å². The molecule has 1 N–H and O–H groups in total. The summed E-state index contributed by atoms with van der Waals surface area (Å²) in [5.41, 5.74) is -0.822. The number of carbonyl (C=O) groups excluding carboxylic acids is 1. The predicted molar refractivity (Wildman–Crippen MR) is 79.2 cm³/mol. The molecule has 0 radical (unpaired) electrons. The molecule has 5 heteroatoms. The van der Waals surface area contributed by atoms with Crippen LogP contribution in [0.1, 0.15) is 20.8 Å². The molecule has 1 aromatic carbocycles. The average molecular weight is 297 g/mol. The Morgan fingerprint density at radius 3 is 2.53 bits per heavy atom. The predicted octanol–water partition coefficient (Wildman–Crippen LogP) is 3.49. The van der Waals surface area contributed by atoms with Crippen molar-refractivity contribution in [1.82, 2.24) is 5.32 Å². The molecule has 0 saturated carbocycles. The highest BCUT2D eigenvalue weighted by Crippen LogP contribution is 2.21. The summed E-state index contributed by atoms with van der Waals surface area (Å²) in [5.74, 6) is 0.200. The Labute approximate surface area is 123 Å². The standard InChI is InChI=1S/C14H17ClN2OS/c1-10(2)14(3,9-16)17-13(18)8-19-12-6-4-11(15)5-7-12/h4-7,10H,8H2,1-3H3,(H,17,18)/t14-/m0/s1. The quantitative estimate of drug-likeness (QED) is 0.846. The Kier molecular flexibility index (Phi) is 5.71. The molecule has 0 heterocycles. The van der Waals surface area contributed by atoms with E-state index in [4.69, 9.17) is 16.9 Å². The molecule has 0 aliphatic carbocycles. The van der Waals surface area contributed by atoms with Crippen molar-refractivity contribution in [3.63, 3.8) is 0 Å². The van der Waals surface area contributed by atoms with Crippen molar-refractivity contribution in [2.24, 2.45) is 5.92 Å². The Hall–Kier alpha value is -1.18. The summed E-state index contributed by atoms with van der Waals surface area (Å²) in [5, 5.41) is 12.6. The van der Waals surface area contributed by atoms with E-state index in [2.05, 4.69) is 11.4 Å². The van der Waals surface area contributed by atoms with Crippen molar-refractivity contribution in [2.45, 2.75) is 31.2 Å². The van der Waals surface area contributed by atoms with Crippen LogP contribution < -0.4 is 5.32 Å². The van der Waals surface area contributed by atoms with Crippen LogP contribution in [0.3, 0.4) is 0 Å². The second-order valence-electron chi connectivity index (χ2n) is 4.76. The lowest BCUT2D eigenvalue weighted by molar-refractivity contribution is -0.120. The third-order valence-electron chi connectivity index (χ3n) is 2.97. The van der Waals surface area contributed by atoms with Crippen LogP contribution in [0, 0.1) is 17.2 Å². The van der Waals surface area contributed by atoms with Gasteiger partial charge in [0.1, 0.15) is 5.54 Å². The summed E-state index contributed by atoms with van der Waals surface area (Å²) in [6.45, 7) is 5.56. The zero-order valence-electron chi connectivity index (χ0n) is 11.2. The highest BCUT2D eigenvalue weighted by molar-refractivity contribution is 8.00. The van der Waals surface area contributed by atoms with E-state index in [1.54, 1.807) is 19.1 Å². The number of hydrogen-bond donors (Lipinski definition) is 1. The highest BCUT2D eigenvalue weighted by atomic mass is 35.5. The molecule has 0 bridgehead atoms. The zero-order valence-corrected chi connectivity index (χ0v) is 12.8. The highest BCUT2D eigenvalue weighted by Gasteiger charge is 2.29. The maximum absolute atomic E-state index is 11.9. The first-order valence-electron chi connectivity index (χ1n) is 5.98. The first-order chi connectivity index (χ1) is 8.87. The SMILES string of the molecule is CC(C)[C@](C)(C#N)NC(=O)CSc1ccc(Cl)cc1. The van der Waals surface area contributed by atoms with Crippen molar-refractivity contribution in [3.05, 3.63) is 29.3 Å². The van der Waals surface area contributed by atoms with E-state index >= 15 is 0 Å². The van der Waals surface area contributed by atoms with Gasteiger partial charge in [-0.2, -0.15) is 5.26 Å². The average Bonchev–Trinajstić information content (AvgIpc) is 2.37. The van der Waals surface area contributed by atoms with E-state index in [0.29, 0.717) is 5.02 Å². The van der Waals surface area contributed by atoms with Crippen molar-refractivity contribution >= 4 is 29.3 Å². The third-order valence-corrected chi connectivity index (χ3v) is 4.23. The van der Waals surface area contributed by atoms with Gasteiger partial charge in [0.15, 0.2) is 0 Å². The molecule has 0 saturated heterocycles. The minimum atomic E-state index is -0.822. The fourth-order valence-electron chi connectivity index (χ4n) is 1.31. The van der Waals surface area contributed by atoms with Gasteiger partial charge >= 0.3 is 0 Å². The number of carbonyl (C=O) groups is 1. The van der Waals surface area contributed by atoms with Gasteiger partial charge in [0.25, 0.3) is 0 Å². The van der Waals surface area contributed by atoms with Crippen LogP contribution >= 0.6 is 23.4 Å². The molecule has 3 nitrogen and oxygen atoms in total. The summed E-state index contributed by atoms with van der Waals surface area (Å²) < 4.78 is 0. The lowest BCUT2D eigenvalue weighted by Gasteiger charge is -2.27. The van der Waals surface area contributed by atoms with E-state index in [1.807, 2.05) is 26.0 Å². The molecule has 19 heavy (non-hydrogen) atoms. The Morgan fingerprint density at radius 1 is 1.47 bits per heavy atom. The Bertz CT molecular complexity index is 481. The number of rotatable bonds is 5. The van der Waals surface area contributed by atoms with Gasteiger partial charge in [0.2, 0.25) is 5.91 Å². The number of nitrogens with one attached hydrogen (secondary N) is 1. The number of halogens is 1. The molecule has 0 unspecified atom stereocenters. The maximum atomic E-state index is 11.9. The van der Waals surface area contributed by atoms with Crippen LogP contribution in [-0.2, 0) is 4.79 Å². The van der Waals surface area contributed by atoms with Gasteiger partial charge in [-0.05, 0) is 37.1 Å². The van der Waals surface area contributed by atoms with Gasteiger partial charge in [-0.15, -0.1) is 11.8 Å². The molecule has 0 aliphatic heterocycles. The second kappa shape index (κ2) is 6.83. The molecule has 0 fully saturated rings. The van der Waals surface area contributed by atoms with E-state index in [9.17, 15) is 4.79 Å². The van der Waals surface area contributed by atoms with Crippen molar-refractivity contribution < 1.29 is 4.79 Å². The zero-order chi connectivity index (χ0) is 14.5. The fourth-order valence-corrected chi connectivity index (χ4v) is 2.13. The van der Waals surface area contributed by atoms with Gasteiger partial charge in [-0.1, -0.05) is 25.4 Å². The molecular formula is C14H17ClN2OS. The first-order valence-corrected chi connectivity index (χ1v) is 7.34. The molecule has 0 aromatic heterocycles.